The van der Waals surface area contributed by atoms with Gasteiger partial charge in [-0.2, -0.15) is 0 Å². The van der Waals surface area contributed by atoms with Gasteiger partial charge in [0.05, 0.1) is 14.7 Å². The number of hydrogen-bond acceptors (Lipinski definition) is 4. The summed E-state index contributed by atoms with van der Waals surface area (Å²) in [5, 5.41) is 10.7. The quantitative estimate of drug-likeness (QED) is 0.498. The molecule has 1 heterocycles. The molecule has 0 bridgehead atoms. The molecular weight excluding hydrogens is 254 g/mol. The Morgan fingerprint density at radius 3 is 2.33 bits per heavy atom. The maximum Gasteiger partial charge on any atom is 0.270 e. The molecule has 0 saturated heterocycles. The molecule has 3 rings (SSSR count). The summed E-state index contributed by atoms with van der Waals surface area (Å²) in [6.45, 7) is 0. The van der Waals surface area contributed by atoms with Crippen molar-refractivity contribution in [2.75, 3.05) is 0 Å². The first-order chi connectivity index (χ1) is 8.51. The minimum atomic E-state index is -3.53. The fraction of sp³-hybridized carbons (Fsp3) is 0. The van der Waals surface area contributed by atoms with Crippen molar-refractivity contribution in [3.63, 3.8) is 0 Å². The fourth-order valence-electron chi connectivity index (χ4n) is 2.12. The number of rotatable bonds is 1. The molecule has 0 spiro atoms. The second-order valence-corrected chi connectivity index (χ2v) is 5.82. The molecule has 6 heteroatoms. The number of nitro benzene ring substituents is 1. The highest BCUT2D eigenvalue weighted by molar-refractivity contribution is 7.92. The molecule has 0 unspecified atom stereocenters. The lowest BCUT2D eigenvalue weighted by Gasteiger charge is -1.98. The highest BCUT2D eigenvalue weighted by atomic mass is 32.2. The smallest absolute Gasteiger partial charge is 0.258 e. The summed E-state index contributed by atoms with van der Waals surface area (Å²) in [6, 6.07) is 10.3. The Bertz CT molecular complexity index is 780. The average Bonchev–Trinajstić information content (AvgIpc) is 2.59. The average molecular weight is 261 g/mol. The van der Waals surface area contributed by atoms with Gasteiger partial charge in [-0.3, -0.25) is 10.1 Å². The molecule has 1 aliphatic rings. The van der Waals surface area contributed by atoms with Crippen molar-refractivity contribution in [1.29, 1.82) is 0 Å². The van der Waals surface area contributed by atoms with Gasteiger partial charge in [0.2, 0.25) is 9.84 Å². The number of nitrogens with zero attached hydrogens (tertiary/aromatic N) is 1. The van der Waals surface area contributed by atoms with Crippen molar-refractivity contribution >= 4 is 15.5 Å². The van der Waals surface area contributed by atoms with Crippen molar-refractivity contribution in [3.05, 3.63) is 52.6 Å². The van der Waals surface area contributed by atoms with Gasteiger partial charge in [0, 0.05) is 23.3 Å². The van der Waals surface area contributed by atoms with Gasteiger partial charge in [-0.05, 0) is 12.1 Å². The summed E-state index contributed by atoms with van der Waals surface area (Å²) in [7, 11) is -3.53. The van der Waals surface area contributed by atoms with E-state index in [9.17, 15) is 18.5 Å². The molecule has 2 aromatic carbocycles. The highest BCUT2D eigenvalue weighted by Crippen LogP contribution is 2.44. The van der Waals surface area contributed by atoms with Crippen molar-refractivity contribution in [3.8, 4) is 11.1 Å². The van der Waals surface area contributed by atoms with Crippen LogP contribution in [0.25, 0.3) is 11.1 Å². The van der Waals surface area contributed by atoms with Crippen LogP contribution in [-0.2, 0) is 9.84 Å². The van der Waals surface area contributed by atoms with E-state index in [1.165, 1.54) is 24.3 Å². The number of fused-ring (bicyclic) bond motifs is 3. The summed E-state index contributed by atoms with van der Waals surface area (Å²) in [5.74, 6) is 0. The van der Waals surface area contributed by atoms with Crippen LogP contribution in [0.1, 0.15) is 0 Å². The summed E-state index contributed by atoms with van der Waals surface area (Å²) in [6.07, 6.45) is 0. The summed E-state index contributed by atoms with van der Waals surface area (Å²) in [5.41, 5.74) is 0.816. The minimum absolute atomic E-state index is 0.111. The molecule has 0 atom stereocenters. The molecule has 0 saturated carbocycles. The number of benzene rings is 2. The van der Waals surface area contributed by atoms with E-state index in [4.69, 9.17) is 0 Å². The summed E-state index contributed by atoms with van der Waals surface area (Å²) in [4.78, 5) is 10.5. The van der Waals surface area contributed by atoms with Gasteiger partial charge in [-0.15, -0.1) is 0 Å². The van der Waals surface area contributed by atoms with Gasteiger partial charge in [-0.1, -0.05) is 18.2 Å². The first-order valence-electron chi connectivity index (χ1n) is 5.15. The molecule has 0 N–H and O–H groups in total. The number of sulfone groups is 1. The van der Waals surface area contributed by atoms with Crippen LogP contribution < -0.4 is 0 Å². The zero-order valence-corrected chi connectivity index (χ0v) is 9.85. The van der Waals surface area contributed by atoms with Gasteiger partial charge in [0.1, 0.15) is 0 Å². The summed E-state index contributed by atoms with van der Waals surface area (Å²) >= 11 is 0. The molecule has 90 valence electrons. The number of non-ortho nitro benzene ring substituents is 1. The lowest BCUT2D eigenvalue weighted by molar-refractivity contribution is -0.384. The fourth-order valence-corrected chi connectivity index (χ4v) is 3.79. The molecule has 5 nitrogen and oxygen atoms in total. The molecular formula is C12H7NO4S. The van der Waals surface area contributed by atoms with Crippen LogP contribution >= 0.6 is 0 Å². The molecule has 1 aliphatic heterocycles. The van der Waals surface area contributed by atoms with Crippen LogP contribution in [-0.4, -0.2) is 13.3 Å². The largest absolute Gasteiger partial charge is 0.270 e. The normalized spacial score (nSPS) is 14.9. The number of nitro groups is 1. The van der Waals surface area contributed by atoms with Crippen LogP contribution in [0, 0.1) is 10.1 Å². The Labute approximate surface area is 103 Å². The van der Waals surface area contributed by atoms with E-state index >= 15 is 0 Å². The third kappa shape index (κ3) is 1.29. The van der Waals surface area contributed by atoms with E-state index in [1.807, 2.05) is 0 Å². The van der Waals surface area contributed by atoms with Crippen LogP contribution in [0.15, 0.2) is 52.3 Å². The van der Waals surface area contributed by atoms with E-state index in [-0.39, 0.29) is 15.5 Å². The zero-order chi connectivity index (χ0) is 12.9. The van der Waals surface area contributed by atoms with Crippen molar-refractivity contribution in [2.24, 2.45) is 0 Å². The number of hydrogen-bond donors (Lipinski definition) is 0. The molecule has 0 amide bonds. The molecule has 0 radical (unpaired) electrons. The maximum atomic E-state index is 12.2. The van der Waals surface area contributed by atoms with E-state index in [0.29, 0.717) is 11.1 Å². The monoisotopic (exact) mass is 261 g/mol. The first kappa shape index (κ1) is 10.9. The van der Waals surface area contributed by atoms with Gasteiger partial charge in [-0.25, -0.2) is 8.42 Å². The van der Waals surface area contributed by atoms with Crippen molar-refractivity contribution in [1.82, 2.24) is 0 Å². The van der Waals surface area contributed by atoms with Crippen molar-refractivity contribution in [2.45, 2.75) is 9.79 Å². The van der Waals surface area contributed by atoms with Gasteiger partial charge in [0.25, 0.3) is 5.69 Å². The topological polar surface area (TPSA) is 77.3 Å². The Morgan fingerprint density at radius 2 is 1.61 bits per heavy atom. The first-order valence-corrected chi connectivity index (χ1v) is 6.63. The molecule has 0 aromatic heterocycles. The van der Waals surface area contributed by atoms with E-state index in [0.717, 1.165) is 0 Å². The Hall–Kier alpha value is -2.21. The second kappa shape index (κ2) is 3.39. The molecule has 18 heavy (non-hydrogen) atoms. The standard InChI is InChI=1S/C12H7NO4S/c14-13(15)8-5-6-12-10(7-8)9-3-1-2-4-11(9)18(12,16)17/h1-7H. The second-order valence-electron chi connectivity index (χ2n) is 3.94. The molecule has 0 aliphatic carbocycles. The van der Waals surface area contributed by atoms with E-state index < -0.39 is 14.8 Å². The zero-order valence-electron chi connectivity index (χ0n) is 9.03. The third-order valence-corrected chi connectivity index (χ3v) is 4.80. The molecule has 2 aromatic rings. The Morgan fingerprint density at radius 1 is 0.944 bits per heavy atom. The van der Waals surface area contributed by atoms with Crippen LogP contribution in [0.4, 0.5) is 5.69 Å². The van der Waals surface area contributed by atoms with Crippen LogP contribution in [0.2, 0.25) is 0 Å². The van der Waals surface area contributed by atoms with Crippen LogP contribution in [0.5, 0.6) is 0 Å². The van der Waals surface area contributed by atoms with E-state index in [2.05, 4.69) is 0 Å². The predicted molar refractivity (Wildman–Crippen MR) is 64.0 cm³/mol. The lowest BCUT2D eigenvalue weighted by Crippen LogP contribution is -1.96. The summed E-state index contributed by atoms with van der Waals surface area (Å²) < 4.78 is 24.4. The SMILES string of the molecule is O=[N+]([O-])c1ccc2c(c1)-c1ccccc1S2(=O)=O. The van der Waals surface area contributed by atoms with Gasteiger partial charge in [0.15, 0.2) is 0 Å². The third-order valence-electron chi connectivity index (χ3n) is 2.93. The van der Waals surface area contributed by atoms with Gasteiger partial charge < -0.3 is 0 Å². The maximum absolute atomic E-state index is 12.2. The minimum Gasteiger partial charge on any atom is -0.258 e. The lowest BCUT2D eigenvalue weighted by atomic mass is 10.1. The Balaban J connectivity index is 2.40. The van der Waals surface area contributed by atoms with Crippen LogP contribution in [0.3, 0.4) is 0 Å². The predicted octanol–water partition coefficient (Wildman–Crippen LogP) is 2.41. The van der Waals surface area contributed by atoms with E-state index in [1.54, 1.807) is 18.2 Å². The Kier molecular flexibility index (Phi) is 2.06. The van der Waals surface area contributed by atoms with Crippen molar-refractivity contribution < 1.29 is 13.3 Å². The molecule has 0 fully saturated rings. The van der Waals surface area contributed by atoms with Gasteiger partial charge >= 0.3 is 0 Å². The highest BCUT2D eigenvalue weighted by Gasteiger charge is 2.33.